The predicted molar refractivity (Wildman–Crippen MR) is 158 cm³/mol. The molecular formula is C30H36BrN7O3. The molecule has 0 radical (unpaired) electrons. The van der Waals surface area contributed by atoms with Crippen molar-refractivity contribution in [2.45, 2.75) is 77.2 Å². The number of benzene rings is 1. The topological polar surface area (TPSA) is 118 Å². The number of anilines is 1. The van der Waals surface area contributed by atoms with Crippen molar-refractivity contribution in [1.82, 2.24) is 25.3 Å². The summed E-state index contributed by atoms with van der Waals surface area (Å²) in [5.74, 6) is 1.43. The highest BCUT2D eigenvalue weighted by molar-refractivity contribution is 9.10. The van der Waals surface area contributed by atoms with Crippen molar-refractivity contribution in [1.29, 1.82) is 5.26 Å². The molecule has 2 aliphatic rings. The fraction of sp³-hybridized carbons (Fsp3) is 0.500. The molecule has 1 aromatic carbocycles. The molecule has 2 fully saturated rings. The van der Waals surface area contributed by atoms with E-state index in [2.05, 4.69) is 47.5 Å². The minimum atomic E-state index is -0.191. The van der Waals surface area contributed by atoms with Gasteiger partial charge in [0.05, 0.1) is 47.7 Å². The Morgan fingerprint density at radius 3 is 2.49 bits per heavy atom. The van der Waals surface area contributed by atoms with Crippen molar-refractivity contribution in [2.75, 3.05) is 24.6 Å². The summed E-state index contributed by atoms with van der Waals surface area (Å²) in [5, 5.41) is 25.2. The van der Waals surface area contributed by atoms with Crippen molar-refractivity contribution < 1.29 is 14.3 Å². The van der Waals surface area contributed by atoms with E-state index in [9.17, 15) is 10.1 Å². The molecule has 3 aromatic rings. The second-order valence-corrected chi connectivity index (χ2v) is 11.7. The van der Waals surface area contributed by atoms with Crippen LogP contribution in [-0.4, -0.2) is 63.8 Å². The van der Waals surface area contributed by atoms with Gasteiger partial charge in [-0.1, -0.05) is 0 Å². The molecule has 1 saturated heterocycles. The second-order valence-electron chi connectivity index (χ2n) is 10.8. The van der Waals surface area contributed by atoms with Gasteiger partial charge in [0.15, 0.2) is 11.5 Å². The predicted octanol–water partition coefficient (Wildman–Crippen LogP) is 4.73. The maximum Gasteiger partial charge on any atom is 0.272 e. The van der Waals surface area contributed by atoms with E-state index >= 15 is 0 Å². The zero-order chi connectivity index (χ0) is 28.8. The molecule has 1 aliphatic carbocycles. The molecular weight excluding hydrogens is 586 g/mol. The number of carbonyl (C=O) groups excluding carboxylic acids is 1. The van der Waals surface area contributed by atoms with Crippen molar-refractivity contribution in [3.05, 3.63) is 63.5 Å². The van der Waals surface area contributed by atoms with Crippen LogP contribution in [0.1, 0.15) is 65.7 Å². The van der Waals surface area contributed by atoms with Gasteiger partial charge in [0.1, 0.15) is 5.75 Å². The minimum absolute atomic E-state index is 0.0847. The first-order chi connectivity index (χ1) is 19.9. The van der Waals surface area contributed by atoms with E-state index in [0.717, 1.165) is 85.3 Å². The van der Waals surface area contributed by atoms with E-state index in [4.69, 9.17) is 9.47 Å². The van der Waals surface area contributed by atoms with Gasteiger partial charge in [-0.3, -0.25) is 9.48 Å². The number of amides is 1. The first kappa shape index (κ1) is 29.0. The van der Waals surface area contributed by atoms with Crippen molar-refractivity contribution >= 4 is 27.7 Å². The fourth-order valence-electron chi connectivity index (χ4n) is 5.45. The van der Waals surface area contributed by atoms with E-state index in [-0.39, 0.29) is 24.2 Å². The van der Waals surface area contributed by atoms with Crippen LogP contribution in [0, 0.1) is 25.2 Å². The molecule has 0 unspecified atom stereocenters. The van der Waals surface area contributed by atoms with Crippen LogP contribution in [0.25, 0.3) is 0 Å². The highest BCUT2D eigenvalue weighted by atomic mass is 79.9. The zero-order valence-corrected chi connectivity index (χ0v) is 25.1. The quantitative estimate of drug-likeness (QED) is 0.364. The molecule has 5 rings (SSSR count). The summed E-state index contributed by atoms with van der Waals surface area (Å²) in [6.07, 6.45) is 9.27. The van der Waals surface area contributed by atoms with Gasteiger partial charge < -0.3 is 19.7 Å². The highest BCUT2D eigenvalue weighted by Crippen LogP contribution is 2.29. The minimum Gasteiger partial charge on any atom is -0.490 e. The molecule has 41 heavy (non-hydrogen) atoms. The lowest BCUT2D eigenvalue weighted by atomic mass is 9.92. The number of piperidine rings is 1. The van der Waals surface area contributed by atoms with Crippen LogP contribution in [0.15, 0.2) is 41.1 Å². The largest absolute Gasteiger partial charge is 0.490 e. The van der Waals surface area contributed by atoms with Gasteiger partial charge in [-0.15, -0.1) is 10.2 Å². The molecule has 0 spiro atoms. The molecule has 11 heteroatoms. The average Bonchev–Trinajstić information content (AvgIpc) is 3.41. The van der Waals surface area contributed by atoms with Gasteiger partial charge in [0, 0.05) is 25.3 Å². The van der Waals surface area contributed by atoms with E-state index in [1.54, 1.807) is 12.3 Å². The summed E-state index contributed by atoms with van der Waals surface area (Å²) in [4.78, 5) is 15.0. The fourth-order valence-corrected chi connectivity index (χ4v) is 5.78. The number of ether oxygens (including phenoxy) is 2. The average molecular weight is 623 g/mol. The molecule has 216 valence electrons. The number of nitrogens with zero attached hydrogens (tertiary/aromatic N) is 6. The van der Waals surface area contributed by atoms with Gasteiger partial charge in [0.25, 0.3) is 5.91 Å². The molecule has 2 aromatic heterocycles. The summed E-state index contributed by atoms with van der Waals surface area (Å²) in [7, 11) is 0. The maximum atomic E-state index is 12.9. The Kier molecular flexibility index (Phi) is 9.52. The molecule has 0 atom stereocenters. The summed E-state index contributed by atoms with van der Waals surface area (Å²) in [6.45, 7) is 6.98. The maximum absolute atomic E-state index is 12.9. The third-order valence-electron chi connectivity index (χ3n) is 8.09. The molecule has 1 aliphatic heterocycles. The monoisotopic (exact) mass is 621 g/mol. The molecule has 0 bridgehead atoms. The van der Waals surface area contributed by atoms with Crippen LogP contribution in [0.2, 0.25) is 0 Å². The lowest BCUT2D eigenvalue weighted by molar-refractivity contribution is 0.0310. The zero-order valence-electron chi connectivity index (χ0n) is 23.6. The van der Waals surface area contributed by atoms with Crippen LogP contribution in [-0.2, 0) is 11.3 Å². The van der Waals surface area contributed by atoms with Crippen molar-refractivity contribution in [3.8, 4) is 11.8 Å². The van der Waals surface area contributed by atoms with E-state index in [1.807, 2.05) is 42.9 Å². The molecule has 1 N–H and O–H groups in total. The van der Waals surface area contributed by atoms with Crippen molar-refractivity contribution in [2.24, 2.45) is 0 Å². The molecule has 1 saturated carbocycles. The standard InChI is InChI=1S/C30H36BrN7O3/c1-20-21(2)28(9-3-22(20)17-32)41-26-6-4-24(5-7-26)34-30(39)27-8-10-29(36-35-27)37-13-11-25(12-14-37)40-16-15-38-19-23(31)18-33-38/h3,8-10,18-19,24-26H,4-7,11-16H2,1-2H3,(H,34,39). The summed E-state index contributed by atoms with van der Waals surface area (Å²) in [5.41, 5.74) is 2.98. The van der Waals surface area contributed by atoms with Gasteiger partial charge in [-0.2, -0.15) is 10.4 Å². The molecule has 1 amide bonds. The Bertz CT molecular complexity index is 1370. The first-order valence-electron chi connectivity index (χ1n) is 14.3. The SMILES string of the molecule is Cc1c(C#N)ccc(OC2CCC(NC(=O)c3ccc(N4CCC(OCCn5cc(Br)cn5)CC4)nn3)CC2)c1C. The van der Waals surface area contributed by atoms with Crippen LogP contribution < -0.4 is 15.0 Å². The summed E-state index contributed by atoms with van der Waals surface area (Å²) < 4.78 is 15.1. The van der Waals surface area contributed by atoms with Crippen LogP contribution >= 0.6 is 15.9 Å². The van der Waals surface area contributed by atoms with Crippen LogP contribution in [0.4, 0.5) is 5.82 Å². The number of carbonyl (C=O) groups is 1. The summed E-state index contributed by atoms with van der Waals surface area (Å²) >= 11 is 3.41. The Hall–Kier alpha value is -3.49. The third kappa shape index (κ3) is 7.43. The molecule has 3 heterocycles. The number of aromatic nitrogens is 4. The number of nitriles is 1. The second kappa shape index (κ2) is 13.4. The Morgan fingerprint density at radius 1 is 1.05 bits per heavy atom. The van der Waals surface area contributed by atoms with Crippen LogP contribution in [0.3, 0.4) is 0 Å². The number of rotatable bonds is 9. The highest BCUT2D eigenvalue weighted by Gasteiger charge is 2.26. The van der Waals surface area contributed by atoms with E-state index in [1.165, 1.54) is 0 Å². The third-order valence-corrected chi connectivity index (χ3v) is 8.50. The number of halogens is 1. The van der Waals surface area contributed by atoms with Gasteiger partial charge >= 0.3 is 0 Å². The summed E-state index contributed by atoms with van der Waals surface area (Å²) in [6, 6.07) is 9.65. The normalized spacial score (nSPS) is 19.5. The molecule has 10 nitrogen and oxygen atoms in total. The first-order valence-corrected chi connectivity index (χ1v) is 15.0. The lowest BCUT2D eigenvalue weighted by Gasteiger charge is -2.32. The Morgan fingerprint density at radius 2 is 1.83 bits per heavy atom. The Labute approximate surface area is 249 Å². The smallest absolute Gasteiger partial charge is 0.272 e. The van der Waals surface area contributed by atoms with Gasteiger partial charge in [-0.25, -0.2) is 0 Å². The van der Waals surface area contributed by atoms with Crippen LogP contribution in [0.5, 0.6) is 5.75 Å². The van der Waals surface area contributed by atoms with Gasteiger partial charge in [0.2, 0.25) is 0 Å². The number of nitrogens with one attached hydrogen (secondary N) is 1. The van der Waals surface area contributed by atoms with E-state index < -0.39 is 0 Å². The van der Waals surface area contributed by atoms with Crippen molar-refractivity contribution in [3.63, 3.8) is 0 Å². The lowest BCUT2D eigenvalue weighted by Crippen LogP contribution is -2.40. The Balaban J connectivity index is 1.03. The number of hydrogen-bond donors (Lipinski definition) is 1. The van der Waals surface area contributed by atoms with E-state index in [0.29, 0.717) is 17.9 Å². The van der Waals surface area contributed by atoms with Gasteiger partial charge in [-0.05, 0) is 104 Å². The number of hydrogen-bond acceptors (Lipinski definition) is 8.